The smallest absolute Gasteiger partial charge is 0.255 e. The largest absolute Gasteiger partial charge is 0.322 e. The number of carbonyl (C=O) groups is 3. The summed E-state index contributed by atoms with van der Waals surface area (Å²) in [6.45, 7) is 0.312. The van der Waals surface area contributed by atoms with Crippen LogP contribution in [-0.4, -0.2) is 34.9 Å². The van der Waals surface area contributed by atoms with Gasteiger partial charge in [-0.15, -0.1) is 0 Å². The Morgan fingerprint density at radius 1 is 1.30 bits per heavy atom. The fourth-order valence-electron chi connectivity index (χ4n) is 2.74. The molecular formula is C14H13N3O3. The minimum atomic E-state index is -0.605. The van der Waals surface area contributed by atoms with Crippen molar-refractivity contribution in [2.45, 2.75) is 25.4 Å². The van der Waals surface area contributed by atoms with Gasteiger partial charge in [-0.05, 0) is 23.6 Å². The van der Waals surface area contributed by atoms with Gasteiger partial charge in [-0.1, -0.05) is 12.1 Å². The van der Waals surface area contributed by atoms with Crippen molar-refractivity contribution in [3.05, 3.63) is 34.9 Å². The van der Waals surface area contributed by atoms with E-state index in [1.807, 2.05) is 0 Å². The van der Waals surface area contributed by atoms with E-state index in [1.165, 1.54) is 11.1 Å². The maximum absolute atomic E-state index is 12.4. The number of carbonyl (C=O) groups excluding carboxylic acids is 3. The summed E-state index contributed by atoms with van der Waals surface area (Å²) >= 11 is 0. The Labute approximate surface area is 115 Å². The summed E-state index contributed by atoms with van der Waals surface area (Å²) in [5.74, 6) is -0.924. The van der Waals surface area contributed by atoms with Crippen LogP contribution in [0.25, 0.3) is 0 Å². The van der Waals surface area contributed by atoms with Crippen LogP contribution in [0.2, 0.25) is 0 Å². The molecule has 6 heteroatoms. The third-order valence-corrected chi connectivity index (χ3v) is 3.77. The van der Waals surface area contributed by atoms with E-state index in [0.29, 0.717) is 24.1 Å². The molecule has 1 fully saturated rings. The fraction of sp³-hybridized carbons (Fsp3) is 0.286. The first-order valence-electron chi connectivity index (χ1n) is 6.39. The lowest BCUT2D eigenvalue weighted by Gasteiger charge is -2.29. The quantitative estimate of drug-likeness (QED) is 0.604. The van der Waals surface area contributed by atoms with Crippen LogP contribution in [0, 0.1) is 5.41 Å². The van der Waals surface area contributed by atoms with E-state index < -0.39 is 11.9 Å². The lowest BCUT2D eigenvalue weighted by molar-refractivity contribution is -0.136. The molecule has 2 N–H and O–H groups in total. The summed E-state index contributed by atoms with van der Waals surface area (Å²) in [7, 11) is 0. The first-order chi connectivity index (χ1) is 9.61. The Kier molecular flexibility index (Phi) is 2.85. The van der Waals surface area contributed by atoms with Crippen LogP contribution in [0.4, 0.5) is 0 Å². The second kappa shape index (κ2) is 4.56. The number of imide groups is 1. The number of nitrogens with one attached hydrogen (secondary N) is 2. The minimum absolute atomic E-state index is 0.210. The van der Waals surface area contributed by atoms with Crippen molar-refractivity contribution < 1.29 is 14.4 Å². The molecule has 0 aromatic heterocycles. The summed E-state index contributed by atoms with van der Waals surface area (Å²) in [6.07, 6.45) is 1.80. The molecule has 2 heterocycles. The molecular weight excluding hydrogens is 258 g/mol. The highest BCUT2D eigenvalue weighted by Gasteiger charge is 2.39. The molecule has 3 amide bonds. The zero-order valence-corrected chi connectivity index (χ0v) is 10.7. The summed E-state index contributed by atoms with van der Waals surface area (Å²) in [6, 6.07) is 4.60. The molecule has 20 heavy (non-hydrogen) atoms. The zero-order chi connectivity index (χ0) is 14.3. The van der Waals surface area contributed by atoms with Crippen LogP contribution in [0.1, 0.15) is 34.3 Å². The molecule has 0 bridgehead atoms. The molecule has 102 valence electrons. The van der Waals surface area contributed by atoms with Crippen LogP contribution in [-0.2, 0) is 16.1 Å². The van der Waals surface area contributed by atoms with Gasteiger partial charge in [0.05, 0.1) is 0 Å². The first kappa shape index (κ1) is 12.5. The Balaban J connectivity index is 1.92. The Morgan fingerprint density at radius 3 is 2.80 bits per heavy atom. The average Bonchev–Trinajstić information content (AvgIpc) is 2.76. The Morgan fingerprint density at radius 2 is 2.10 bits per heavy atom. The van der Waals surface area contributed by atoms with Gasteiger partial charge in [0.15, 0.2) is 0 Å². The van der Waals surface area contributed by atoms with Crippen molar-refractivity contribution >= 4 is 23.9 Å². The van der Waals surface area contributed by atoms with Crippen molar-refractivity contribution in [2.75, 3.05) is 0 Å². The van der Waals surface area contributed by atoms with Crippen LogP contribution < -0.4 is 5.32 Å². The van der Waals surface area contributed by atoms with Crippen molar-refractivity contribution in [3.63, 3.8) is 0 Å². The lowest BCUT2D eigenvalue weighted by Crippen LogP contribution is -2.52. The number of amides is 3. The zero-order valence-electron chi connectivity index (χ0n) is 10.7. The molecule has 1 unspecified atom stereocenters. The number of fused-ring (bicyclic) bond motifs is 1. The number of hydrogen-bond acceptors (Lipinski definition) is 4. The first-order valence-corrected chi connectivity index (χ1v) is 6.39. The molecule has 1 aromatic rings. The normalized spacial score (nSPS) is 21.7. The second-order valence-electron chi connectivity index (χ2n) is 4.92. The van der Waals surface area contributed by atoms with E-state index >= 15 is 0 Å². The van der Waals surface area contributed by atoms with E-state index in [2.05, 4.69) is 5.32 Å². The highest BCUT2D eigenvalue weighted by molar-refractivity contribution is 6.06. The SMILES string of the molecule is N=Cc1cccc2c1CN(C1CCC(=O)NC1=O)C2=O. The maximum Gasteiger partial charge on any atom is 0.255 e. The van der Waals surface area contributed by atoms with Gasteiger partial charge in [-0.25, -0.2) is 0 Å². The standard InChI is InChI=1S/C14H13N3O3/c15-6-8-2-1-3-9-10(8)7-17(14(9)20)11-4-5-12(18)16-13(11)19/h1-3,6,11,15H,4-5,7H2,(H,16,18,19). The van der Waals surface area contributed by atoms with Gasteiger partial charge in [0.1, 0.15) is 6.04 Å². The summed E-state index contributed by atoms with van der Waals surface area (Å²) in [5, 5.41) is 9.64. The van der Waals surface area contributed by atoms with Crippen molar-refractivity contribution in [1.82, 2.24) is 10.2 Å². The van der Waals surface area contributed by atoms with Crippen LogP contribution in [0.5, 0.6) is 0 Å². The van der Waals surface area contributed by atoms with Crippen LogP contribution in [0.3, 0.4) is 0 Å². The Bertz CT molecular complexity index is 639. The van der Waals surface area contributed by atoms with E-state index in [-0.39, 0.29) is 18.2 Å². The summed E-state index contributed by atoms with van der Waals surface area (Å²) in [5.41, 5.74) is 2.00. The summed E-state index contributed by atoms with van der Waals surface area (Å²) < 4.78 is 0. The lowest BCUT2D eigenvalue weighted by atomic mass is 10.0. The van der Waals surface area contributed by atoms with Gasteiger partial charge in [-0.2, -0.15) is 0 Å². The molecule has 2 aliphatic heterocycles. The minimum Gasteiger partial charge on any atom is -0.322 e. The number of rotatable bonds is 2. The topological polar surface area (TPSA) is 90.3 Å². The predicted molar refractivity (Wildman–Crippen MR) is 70.4 cm³/mol. The molecule has 1 atom stereocenters. The average molecular weight is 271 g/mol. The molecule has 0 spiro atoms. The second-order valence-corrected chi connectivity index (χ2v) is 4.92. The monoisotopic (exact) mass is 271 g/mol. The molecule has 3 rings (SSSR count). The maximum atomic E-state index is 12.4. The number of hydrogen-bond donors (Lipinski definition) is 2. The molecule has 1 saturated heterocycles. The predicted octanol–water partition coefficient (Wildman–Crippen LogP) is 0.445. The molecule has 0 aliphatic carbocycles. The number of nitrogens with zero attached hydrogens (tertiary/aromatic N) is 1. The summed E-state index contributed by atoms with van der Waals surface area (Å²) in [4.78, 5) is 36.9. The molecule has 2 aliphatic rings. The molecule has 0 radical (unpaired) electrons. The van der Waals surface area contributed by atoms with E-state index in [9.17, 15) is 14.4 Å². The van der Waals surface area contributed by atoms with Gasteiger partial charge in [0.25, 0.3) is 5.91 Å². The fourth-order valence-corrected chi connectivity index (χ4v) is 2.74. The molecule has 0 saturated carbocycles. The van der Waals surface area contributed by atoms with Crippen molar-refractivity contribution in [1.29, 1.82) is 5.41 Å². The Hall–Kier alpha value is -2.50. The van der Waals surface area contributed by atoms with E-state index in [1.54, 1.807) is 18.2 Å². The number of benzene rings is 1. The van der Waals surface area contributed by atoms with Crippen molar-refractivity contribution in [3.8, 4) is 0 Å². The molecule has 1 aromatic carbocycles. The van der Waals surface area contributed by atoms with Gasteiger partial charge in [-0.3, -0.25) is 19.7 Å². The van der Waals surface area contributed by atoms with E-state index in [0.717, 1.165) is 5.56 Å². The van der Waals surface area contributed by atoms with Crippen LogP contribution in [0.15, 0.2) is 18.2 Å². The van der Waals surface area contributed by atoms with Gasteiger partial charge in [0.2, 0.25) is 11.8 Å². The third-order valence-electron chi connectivity index (χ3n) is 3.77. The van der Waals surface area contributed by atoms with Gasteiger partial charge < -0.3 is 10.3 Å². The van der Waals surface area contributed by atoms with E-state index in [4.69, 9.17) is 5.41 Å². The third kappa shape index (κ3) is 1.80. The van der Waals surface area contributed by atoms with Gasteiger partial charge in [0, 0.05) is 24.7 Å². The number of piperidine rings is 1. The van der Waals surface area contributed by atoms with Crippen molar-refractivity contribution in [2.24, 2.45) is 0 Å². The highest BCUT2D eigenvalue weighted by atomic mass is 16.2. The molecule has 6 nitrogen and oxygen atoms in total. The highest BCUT2D eigenvalue weighted by Crippen LogP contribution is 2.28. The van der Waals surface area contributed by atoms with Gasteiger partial charge >= 0.3 is 0 Å². The van der Waals surface area contributed by atoms with Crippen LogP contribution >= 0.6 is 0 Å².